The van der Waals surface area contributed by atoms with Gasteiger partial charge in [0.25, 0.3) is 0 Å². The van der Waals surface area contributed by atoms with E-state index in [0.717, 1.165) is 5.56 Å². The third kappa shape index (κ3) is 5.41. The zero-order chi connectivity index (χ0) is 23.9. The van der Waals surface area contributed by atoms with Gasteiger partial charge in [0.2, 0.25) is 11.8 Å². The summed E-state index contributed by atoms with van der Waals surface area (Å²) >= 11 is 6.04. The standard InChI is InChI=1S/C25H21ClN4O4/c1-2-33-24(31)19-10-6-7-11-20(19)27-25(32)28-21(16-12-14-18(26)15-13-16)23-30-29-22(34-23)17-8-4-3-5-9-17/h3-15,21H,2H2,1H3,(H2,27,28,32)/t21-/m0/s1. The smallest absolute Gasteiger partial charge is 0.340 e. The molecule has 3 aromatic carbocycles. The van der Waals surface area contributed by atoms with E-state index in [-0.39, 0.29) is 18.1 Å². The molecule has 8 nitrogen and oxygen atoms in total. The van der Waals surface area contributed by atoms with Gasteiger partial charge in [-0.15, -0.1) is 10.2 Å². The molecule has 1 atom stereocenters. The summed E-state index contributed by atoms with van der Waals surface area (Å²) in [5.41, 5.74) is 1.99. The predicted molar refractivity (Wildman–Crippen MR) is 128 cm³/mol. The summed E-state index contributed by atoms with van der Waals surface area (Å²) in [7, 11) is 0. The maximum atomic E-state index is 13.0. The van der Waals surface area contributed by atoms with Crippen molar-refractivity contribution in [1.82, 2.24) is 15.5 Å². The van der Waals surface area contributed by atoms with E-state index in [4.69, 9.17) is 20.8 Å². The second-order valence-corrected chi connectivity index (χ2v) is 7.60. The van der Waals surface area contributed by atoms with Crippen LogP contribution in [0.3, 0.4) is 0 Å². The average Bonchev–Trinajstić information content (AvgIpc) is 3.34. The van der Waals surface area contributed by atoms with Crippen molar-refractivity contribution in [1.29, 1.82) is 0 Å². The normalized spacial score (nSPS) is 11.5. The molecule has 172 valence electrons. The van der Waals surface area contributed by atoms with E-state index >= 15 is 0 Å². The third-order valence-electron chi connectivity index (χ3n) is 4.86. The first-order chi connectivity index (χ1) is 16.5. The highest BCUT2D eigenvalue weighted by atomic mass is 35.5. The van der Waals surface area contributed by atoms with Crippen molar-refractivity contribution in [2.24, 2.45) is 0 Å². The zero-order valence-corrected chi connectivity index (χ0v) is 19.0. The Kier molecular flexibility index (Phi) is 7.19. The van der Waals surface area contributed by atoms with Crippen LogP contribution in [0.5, 0.6) is 0 Å². The van der Waals surface area contributed by atoms with Crippen LogP contribution in [0.25, 0.3) is 11.5 Å². The minimum Gasteiger partial charge on any atom is -0.462 e. The maximum absolute atomic E-state index is 13.0. The minimum atomic E-state index is -0.767. The van der Waals surface area contributed by atoms with Gasteiger partial charge in [-0.05, 0) is 48.9 Å². The number of amides is 2. The Morgan fingerprint density at radius 2 is 1.68 bits per heavy atom. The Bertz CT molecular complexity index is 1280. The maximum Gasteiger partial charge on any atom is 0.340 e. The van der Waals surface area contributed by atoms with Gasteiger partial charge < -0.3 is 19.8 Å². The molecule has 0 radical (unpaired) electrons. The van der Waals surface area contributed by atoms with E-state index in [1.807, 2.05) is 30.3 Å². The molecular formula is C25H21ClN4O4. The van der Waals surface area contributed by atoms with Crippen molar-refractivity contribution in [3.63, 3.8) is 0 Å². The fourth-order valence-corrected chi connectivity index (χ4v) is 3.39. The second-order valence-electron chi connectivity index (χ2n) is 7.16. The van der Waals surface area contributed by atoms with Crippen molar-refractivity contribution in [3.05, 3.63) is 101 Å². The number of hydrogen-bond donors (Lipinski definition) is 2. The fraction of sp³-hybridized carbons (Fsp3) is 0.120. The number of para-hydroxylation sites is 1. The zero-order valence-electron chi connectivity index (χ0n) is 18.2. The highest BCUT2D eigenvalue weighted by Gasteiger charge is 2.24. The number of aromatic nitrogens is 2. The highest BCUT2D eigenvalue weighted by Crippen LogP contribution is 2.26. The van der Waals surface area contributed by atoms with Gasteiger partial charge in [-0.2, -0.15) is 0 Å². The number of nitrogens with zero attached hydrogens (tertiary/aromatic N) is 2. The fourth-order valence-electron chi connectivity index (χ4n) is 3.26. The lowest BCUT2D eigenvalue weighted by Crippen LogP contribution is -2.34. The van der Waals surface area contributed by atoms with Gasteiger partial charge in [-0.3, -0.25) is 0 Å². The lowest BCUT2D eigenvalue weighted by molar-refractivity contribution is 0.0527. The molecule has 34 heavy (non-hydrogen) atoms. The van der Waals surface area contributed by atoms with Gasteiger partial charge in [0, 0.05) is 10.6 Å². The Morgan fingerprint density at radius 3 is 2.41 bits per heavy atom. The second kappa shape index (κ2) is 10.6. The molecule has 4 aromatic rings. The first-order valence-electron chi connectivity index (χ1n) is 10.5. The number of hydrogen-bond acceptors (Lipinski definition) is 6. The molecule has 1 aromatic heterocycles. The molecule has 1 heterocycles. The van der Waals surface area contributed by atoms with Crippen LogP contribution >= 0.6 is 11.6 Å². The average molecular weight is 477 g/mol. The Labute approximate surface area is 200 Å². The van der Waals surface area contributed by atoms with Crippen LogP contribution in [0.4, 0.5) is 10.5 Å². The summed E-state index contributed by atoms with van der Waals surface area (Å²) in [5.74, 6) is -0.0171. The summed E-state index contributed by atoms with van der Waals surface area (Å²) in [6.07, 6.45) is 0. The number of carbonyl (C=O) groups is 2. The summed E-state index contributed by atoms with van der Waals surface area (Å²) in [5, 5.41) is 14.4. The minimum absolute atomic E-state index is 0.190. The van der Waals surface area contributed by atoms with E-state index in [0.29, 0.717) is 22.2 Å². The largest absolute Gasteiger partial charge is 0.462 e. The number of esters is 1. The number of urea groups is 1. The molecule has 2 amide bonds. The van der Waals surface area contributed by atoms with Crippen molar-refractivity contribution < 1.29 is 18.7 Å². The van der Waals surface area contributed by atoms with Crippen LogP contribution in [0, 0.1) is 0 Å². The molecule has 4 rings (SSSR count). The molecule has 0 saturated heterocycles. The predicted octanol–water partition coefficient (Wildman–Crippen LogP) is 5.48. The number of benzene rings is 3. The van der Waals surface area contributed by atoms with Gasteiger partial charge in [-0.1, -0.05) is 54.1 Å². The number of rotatable bonds is 7. The lowest BCUT2D eigenvalue weighted by Gasteiger charge is -2.17. The highest BCUT2D eigenvalue weighted by molar-refractivity contribution is 6.30. The number of nitrogens with one attached hydrogen (secondary N) is 2. The molecule has 0 aliphatic heterocycles. The van der Waals surface area contributed by atoms with Crippen molar-refractivity contribution in [3.8, 4) is 11.5 Å². The molecule has 9 heteroatoms. The summed E-state index contributed by atoms with van der Waals surface area (Å²) in [6.45, 7) is 1.93. The van der Waals surface area contributed by atoms with Crippen LogP contribution in [-0.2, 0) is 4.74 Å². The Balaban J connectivity index is 1.60. The first-order valence-corrected chi connectivity index (χ1v) is 10.9. The molecule has 0 unspecified atom stereocenters. The third-order valence-corrected chi connectivity index (χ3v) is 5.11. The number of anilines is 1. The number of halogens is 1. The van der Waals surface area contributed by atoms with Gasteiger partial charge in [-0.25, -0.2) is 9.59 Å². The molecule has 0 spiro atoms. The van der Waals surface area contributed by atoms with Gasteiger partial charge >= 0.3 is 12.0 Å². The van der Waals surface area contributed by atoms with Crippen molar-refractivity contribution in [2.75, 3.05) is 11.9 Å². The summed E-state index contributed by atoms with van der Waals surface area (Å²) in [6, 6.07) is 21.5. The SMILES string of the molecule is CCOC(=O)c1ccccc1NC(=O)N[C@@H](c1ccc(Cl)cc1)c1nnc(-c2ccccc2)o1. The first kappa shape index (κ1) is 23.0. The molecule has 0 saturated carbocycles. The van der Waals surface area contributed by atoms with E-state index < -0.39 is 18.0 Å². The molecule has 2 N–H and O–H groups in total. The van der Waals surface area contributed by atoms with E-state index in [1.165, 1.54) is 0 Å². The van der Waals surface area contributed by atoms with Crippen LogP contribution < -0.4 is 10.6 Å². The molecule has 0 aliphatic rings. The van der Waals surface area contributed by atoms with Gasteiger partial charge in [0.05, 0.1) is 17.9 Å². The molecule has 0 bridgehead atoms. The van der Waals surface area contributed by atoms with E-state index in [2.05, 4.69) is 20.8 Å². The number of carbonyl (C=O) groups excluding carboxylic acids is 2. The lowest BCUT2D eigenvalue weighted by atomic mass is 10.1. The van der Waals surface area contributed by atoms with Crippen LogP contribution in [0.2, 0.25) is 5.02 Å². The molecular weight excluding hydrogens is 456 g/mol. The van der Waals surface area contributed by atoms with Crippen molar-refractivity contribution >= 4 is 29.3 Å². The van der Waals surface area contributed by atoms with Crippen molar-refractivity contribution in [2.45, 2.75) is 13.0 Å². The molecule has 0 aliphatic carbocycles. The molecule has 0 fully saturated rings. The van der Waals surface area contributed by atoms with Crippen LogP contribution in [0.15, 0.2) is 83.3 Å². The summed E-state index contributed by atoms with van der Waals surface area (Å²) < 4.78 is 11.0. The topological polar surface area (TPSA) is 106 Å². The Morgan fingerprint density at radius 1 is 0.971 bits per heavy atom. The quantitative estimate of drug-likeness (QED) is 0.342. The van der Waals surface area contributed by atoms with Gasteiger partial charge in [0.1, 0.15) is 6.04 Å². The monoisotopic (exact) mass is 476 g/mol. The van der Waals surface area contributed by atoms with E-state index in [1.54, 1.807) is 55.5 Å². The van der Waals surface area contributed by atoms with E-state index in [9.17, 15) is 9.59 Å². The number of ether oxygens (including phenoxy) is 1. The Hall–Kier alpha value is -4.17. The van der Waals surface area contributed by atoms with Crippen LogP contribution in [0.1, 0.15) is 34.8 Å². The summed E-state index contributed by atoms with van der Waals surface area (Å²) in [4.78, 5) is 25.2. The van der Waals surface area contributed by atoms with Gasteiger partial charge in [0.15, 0.2) is 0 Å². The van der Waals surface area contributed by atoms with Crippen LogP contribution in [-0.4, -0.2) is 28.8 Å².